The largest absolute Gasteiger partial charge is 0.294 e. The SMILES string of the molecule is CC(C)C(C(=O)C1CCC(C)C(C)C1)[S+](C)C. The van der Waals surface area contributed by atoms with Crippen LogP contribution in [0.3, 0.4) is 0 Å². The molecule has 1 saturated carbocycles. The summed E-state index contributed by atoms with van der Waals surface area (Å²) in [7, 11) is 0.215. The Bertz CT molecular complexity index is 252. The van der Waals surface area contributed by atoms with Gasteiger partial charge in [0.2, 0.25) is 0 Å². The first-order chi connectivity index (χ1) is 7.84. The molecule has 0 bridgehead atoms. The summed E-state index contributed by atoms with van der Waals surface area (Å²) in [5.41, 5.74) is 0. The van der Waals surface area contributed by atoms with E-state index in [1.54, 1.807) is 0 Å². The van der Waals surface area contributed by atoms with E-state index in [0.29, 0.717) is 22.9 Å². The molecule has 17 heavy (non-hydrogen) atoms. The lowest BCUT2D eigenvalue weighted by Gasteiger charge is -2.32. The van der Waals surface area contributed by atoms with E-state index >= 15 is 0 Å². The molecule has 0 N–H and O–H groups in total. The second-order valence-electron chi connectivity index (χ2n) is 6.41. The van der Waals surface area contributed by atoms with Gasteiger partial charge in [0.1, 0.15) is 0 Å². The fraction of sp³-hybridized carbons (Fsp3) is 0.933. The molecule has 0 aromatic carbocycles. The van der Waals surface area contributed by atoms with Crippen LogP contribution >= 0.6 is 0 Å². The van der Waals surface area contributed by atoms with E-state index in [4.69, 9.17) is 0 Å². The van der Waals surface area contributed by atoms with Gasteiger partial charge in [-0.3, -0.25) is 4.79 Å². The quantitative estimate of drug-likeness (QED) is 0.704. The Morgan fingerprint density at radius 3 is 2.12 bits per heavy atom. The first kappa shape index (κ1) is 15.1. The van der Waals surface area contributed by atoms with Crippen LogP contribution in [0.25, 0.3) is 0 Å². The maximum atomic E-state index is 12.6. The molecule has 1 fully saturated rings. The van der Waals surface area contributed by atoms with E-state index in [0.717, 1.165) is 24.7 Å². The third-order valence-electron chi connectivity index (χ3n) is 4.39. The second kappa shape index (κ2) is 6.26. The van der Waals surface area contributed by atoms with Crippen molar-refractivity contribution in [3.05, 3.63) is 0 Å². The standard InChI is InChI=1S/C15H29OS/c1-10(2)15(17(5)6)14(16)13-8-7-11(3)12(4)9-13/h10-13,15H,7-9H2,1-6H3/q+1. The molecule has 2 heteroatoms. The van der Waals surface area contributed by atoms with E-state index in [1.165, 1.54) is 6.42 Å². The van der Waals surface area contributed by atoms with Gasteiger partial charge in [-0.25, -0.2) is 0 Å². The van der Waals surface area contributed by atoms with Gasteiger partial charge in [0.15, 0.2) is 11.0 Å². The third kappa shape index (κ3) is 3.74. The topological polar surface area (TPSA) is 17.1 Å². The van der Waals surface area contributed by atoms with Crippen LogP contribution in [0.15, 0.2) is 0 Å². The Kier molecular flexibility index (Phi) is 5.56. The summed E-state index contributed by atoms with van der Waals surface area (Å²) in [6.07, 6.45) is 7.93. The van der Waals surface area contributed by atoms with Crippen molar-refractivity contribution >= 4 is 16.7 Å². The molecule has 100 valence electrons. The highest BCUT2D eigenvalue weighted by Crippen LogP contribution is 2.35. The highest BCUT2D eigenvalue weighted by atomic mass is 32.2. The van der Waals surface area contributed by atoms with Gasteiger partial charge in [-0.2, -0.15) is 0 Å². The fourth-order valence-electron chi connectivity index (χ4n) is 3.14. The predicted octanol–water partition coefficient (Wildman–Crippen LogP) is 3.53. The number of ketones is 1. The minimum Gasteiger partial charge on any atom is -0.294 e. The van der Waals surface area contributed by atoms with Crippen molar-refractivity contribution in [2.45, 2.75) is 52.2 Å². The molecule has 4 unspecified atom stereocenters. The molecule has 0 aliphatic heterocycles. The van der Waals surface area contributed by atoms with Crippen LogP contribution in [0.2, 0.25) is 0 Å². The van der Waals surface area contributed by atoms with Gasteiger partial charge in [0.05, 0.1) is 12.5 Å². The summed E-state index contributed by atoms with van der Waals surface area (Å²) in [6.45, 7) is 9.04. The number of carbonyl (C=O) groups excluding carboxylic acids is 1. The molecule has 1 aliphatic carbocycles. The van der Waals surface area contributed by atoms with E-state index in [-0.39, 0.29) is 10.9 Å². The van der Waals surface area contributed by atoms with Crippen LogP contribution in [-0.4, -0.2) is 23.5 Å². The smallest absolute Gasteiger partial charge is 0.188 e. The molecule has 0 saturated heterocycles. The maximum Gasteiger partial charge on any atom is 0.188 e. The summed E-state index contributed by atoms with van der Waals surface area (Å²) < 4.78 is 0. The van der Waals surface area contributed by atoms with Crippen LogP contribution in [0.5, 0.6) is 0 Å². The maximum absolute atomic E-state index is 12.6. The van der Waals surface area contributed by atoms with Crippen molar-refractivity contribution < 1.29 is 4.79 Å². The van der Waals surface area contributed by atoms with E-state index in [2.05, 4.69) is 40.2 Å². The van der Waals surface area contributed by atoms with Crippen LogP contribution in [-0.2, 0) is 15.7 Å². The van der Waals surface area contributed by atoms with Gasteiger partial charge in [-0.05, 0) is 42.0 Å². The molecular formula is C15H29OS+. The lowest BCUT2D eigenvalue weighted by Crippen LogP contribution is -2.40. The summed E-state index contributed by atoms with van der Waals surface area (Å²) in [5, 5.41) is 0.292. The van der Waals surface area contributed by atoms with Crippen LogP contribution < -0.4 is 0 Å². The number of rotatable bonds is 4. The summed E-state index contributed by atoms with van der Waals surface area (Å²) in [6, 6.07) is 0. The molecule has 0 aromatic heterocycles. The Hall–Kier alpha value is 0.0200. The molecule has 0 aromatic rings. The van der Waals surface area contributed by atoms with Crippen LogP contribution in [0, 0.1) is 23.7 Å². The lowest BCUT2D eigenvalue weighted by atomic mass is 9.73. The molecule has 4 atom stereocenters. The minimum atomic E-state index is 0.215. The van der Waals surface area contributed by atoms with E-state index in [9.17, 15) is 4.79 Å². The number of hydrogen-bond acceptors (Lipinski definition) is 1. The molecular weight excluding hydrogens is 228 g/mol. The summed E-state index contributed by atoms with van der Waals surface area (Å²) in [4.78, 5) is 12.6. The van der Waals surface area contributed by atoms with Gasteiger partial charge < -0.3 is 0 Å². The highest BCUT2D eigenvalue weighted by molar-refractivity contribution is 7.96. The zero-order valence-corrected chi connectivity index (χ0v) is 13.1. The number of carbonyl (C=O) groups is 1. The Morgan fingerprint density at radius 1 is 1.12 bits per heavy atom. The highest BCUT2D eigenvalue weighted by Gasteiger charge is 2.39. The third-order valence-corrected chi connectivity index (χ3v) is 6.19. The Labute approximate surface area is 110 Å². The Balaban J connectivity index is 2.68. The summed E-state index contributed by atoms with van der Waals surface area (Å²) in [5.74, 6) is 2.94. The van der Waals surface area contributed by atoms with Crippen LogP contribution in [0.4, 0.5) is 0 Å². The van der Waals surface area contributed by atoms with Gasteiger partial charge in [0, 0.05) is 11.8 Å². The fourth-order valence-corrected chi connectivity index (χ4v) is 4.89. The van der Waals surface area contributed by atoms with E-state index in [1.807, 2.05) is 0 Å². The first-order valence-electron chi connectivity index (χ1n) is 6.94. The molecule has 0 radical (unpaired) electrons. The molecule has 0 spiro atoms. The van der Waals surface area contributed by atoms with Gasteiger partial charge in [0.25, 0.3) is 0 Å². The second-order valence-corrected chi connectivity index (χ2v) is 8.68. The predicted molar refractivity (Wildman–Crippen MR) is 78.5 cm³/mol. The van der Waals surface area contributed by atoms with Crippen molar-refractivity contribution in [3.8, 4) is 0 Å². The molecule has 0 heterocycles. The van der Waals surface area contributed by atoms with Gasteiger partial charge >= 0.3 is 0 Å². The number of hydrogen-bond donors (Lipinski definition) is 0. The van der Waals surface area contributed by atoms with Crippen molar-refractivity contribution in [2.24, 2.45) is 23.7 Å². The normalized spacial score (nSPS) is 31.9. The van der Waals surface area contributed by atoms with Crippen LogP contribution in [0.1, 0.15) is 47.0 Å². The molecule has 0 amide bonds. The Morgan fingerprint density at radius 2 is 1.71 bits per heavy atom. The zero-order chi connectivity index (χ0) is 13.2. The number of Topliss-reactive ketones (excluding diaryl/α,β-unsaturated/α-hetero) is 1. The van der Waals surface area contributed by atoms with Gasteiger partial charge in [-0.15, -0.1) is 0 Å². The first-order valence-corrected chi connectivity index (χ1v) is 9.05. The van der Waals surface area contributed by atoms with Gasteiger partial charge in [-0.1, -0.05) is 27.7 Å². The van der Waals surface area contributed by atoms with Crippen molar-refractivity contribution in [2.75, 3.05) is 12.5 Å². The minimum absolute atomic E-state index is 0.215. The van der Waals surface area contributed by atoms with Crippen molar-refractivity contribution in [1.82, 2.24) is 0 Å². The molecule has 1 aliphatic rings. The summed E-state index contributed by atoms with van der Waals surface area (Å²) >= 11 is 0. The average Bonchev–Trinajstić information content (AvgIpc) is 2.20. The molecule has 1 nitrogen and oxygen atoms in total. The zero-order valence-electron chi connectivity index (χ0n) is 12.3. The van der Waals surface area contributed by atoms with Crippen molar-refractivity contribution in [1.29, 1.82) is 0 Å². The lowest BCUT2D eigenvalue weighted by molar-refractivity contribution is -0.124. The average molecular weight is 257 g/mol. The van der Waals surface area contributed by atoms with E-state index < -0.39 is 0 Å². The monoisotopic (exact) mass is 257 g/mol. The molecule has 1 rings (SSSR count). The van der Waals surface area contributed by atoms with Crippen molar-refractivity contribution in [3.63, 3.8) is 0 Å².